The number of rotatable bonds is 3. The van der Waals surface area contributed by atoms with Crippen molar-refractivity contribution in [1.82, 2.24) is 5.32 Å². The Morgan fingerprint density at radius 3 is 2.38 bits per heavy atom. The monoisotopic (exact) mass is 189 g/mol. The summed E-state index contributed by atoms with van der Waals surface area (Å²) in [6.07, 6.45) is -0.646. The Hall–Kier alpha value is -1.59. The maximum absolute atomic E-state index is 10.5. The van der Waals surface area contributed by atoms with Gasteiger partial charge < -0.3 is 15.2 Å². The first kappa shape index (κ1) is 11.4. The first-order chi connectivity index (χ1) is 5.93. The van der Waals surface area contributed by atoms with Gasteiger partial charge in [0, 0.05) is 6.92 Å². The maximum Gasteiger partial charge on any atom is 0.417 e. The number of carboxylic acid groups (broad SMARTS) is 1. The Bertz CT molecular complexity index is 225. The molecular formula is C7H11NO5. The highest BCUT2D eigenvalue weighted by molar-refractivity contribution is 6.28. The number of carbonyl (C=O) groups excluding carboxylic acids is 2. The van der Waals surface area contributed by atoms with Crippen molar-refractivity contribution >= 4 is 17.8 Å². The van der Waals surface area contributed by atoms with Crippen LogP contribution in [0, 0.1) is 0 Å². The second-order valence-corrected chi connectivity index (χ2v) is 2.46. The standard InChI is InChI=1S/C7H11NO5/c1-4(3-8-5(2)9)13-7(12)6(10)11/h4H,3H2,1-2H3,(H,8,9)(H,10,11). The molecular weight excluding hydrogens is 178 g/mol. The summed E-state index contributed by atoms with van der Waals surface area (Å²) in [6.45, 7) is 2.90. The van der Waals surface area contributed by atoms with Gasteiger partial charge in [-0.15, -0.1) is 0 Å². The fraction of sp³-hybridized carbons (Fsp3) is 0.571. The Balaban J connectivity index is 3.74. The van der Waals surface area contributed by atoms with Crippen LogP contribution in [-0.4, -0.2) is 35.6 Å². The number of ether oxygens (including phenoxy) is 1. The third kappa shape index (κ3) is 5.66. The molecule has 0 spiro atoms. The first-order valence-electron chi connectivity index (χ1n) is 3.61. The summed E-state index contributed by atoms with van der Waals surface area (Å²) in [5, 5.41) is 10.5. The van der Waals surface area contributed by atoms with E-state index in [1.54, 1.807) is 0 Å². The minimum Gasteiger partial charge on any atom is -0.473 e. The largest absolute Gasteiger partial charge is 0.473 e. The zero-order valence-corrected chi connectivity index (χ0v) is 7.36. The van der Waals surface area contributed by atoms with Crippen molar-refractivity contribution < 1.29 is 24.2 Å². The van der Waals surface area contributed by atoms with Crippen LogP contribution in [0.25, 0.3) is 0 Å². The molecule has 0 aromatic heterocycles. The number of hydrogen-bond acceptors (Lipinski definition) is 4. The van der Waals surface area contributed by atoms with Gasteiger partial charge in [0.15, 0.2) is 0 Å². The second kappa shape index (κ2) is 5.13. The molecule has 1 amide bonds. The molecule has 0 radical (unpaired) electrons. The topological polar surface area (TPSA) is 92.7 Å². The predicted molar refractivity (Wildman–Crippen MR) is 41.9 cm³/mol. The van der Waals surface area contributed by atoms with Crippen LogP contribution in [0.4, 0.5) is 0 Å². The van der Waals surface area contributed by atoms with Gasteiger partial charge in [-0.2, -0.15) is 0 Å². The van der Waals surface area contributed by atoms with E-state index >= 15 is 0 Å². The Morgan fingerprint density at radius 1 is 1.46 bits per heavy atom. The SMILES string of the molecule is CC(=O)NCC(C)OC(=O)C(=O)O. The summed E-state index contributed by atoms with van der Waals surface area (Å²) >= 11 is 0. The average Bonchev–Trinajstić information content (AvgIpc) is 2.00. The highest BCUT2D eigenvalue weighted by Gasteiger charge is 2.16. The van der Waals surface area contributed by atoms with Crippen molar-refractivity contribution in [1.29, 1.82) is 0 Å². The molecule has 13 heavy (non-hydrogen) atoms. The Labute approximate surface area is 74.9 Å². The first-order valence-corrected chi connectivity index (χ1v) is 3.61. The highest BCUT2D eigenvalue weighted by atomic mass is 16.6. The molecule has 1 atom stereocenters. The van der Waals surface area contributed by atoms with Crippen LogP contribution >= 0.6 is 0 Å². The molecule has 0 aromatic carbocycles. The lowest BCUT2D eigenvalue weighted by molar-refractivity contribution is -0.166. The smallest absolute Gasteiger partial charge is 0.417 e. The lowest BCUT2D eigenvalue weighted by Crippen LogP contribution is -2.33. The van der Waals surface area contributed by atoms with Crippen molar-refractivity contribution in [2.75, 3.05) is 6.54 Å². The summed E-state index contributed by atoms with van der Waals surface area (Å²) < 4.78 is 4.41. The molecule has 6 heteroatoms. The van der Waals surface area contributed by atoms with Gasteiger partial charge in [-0.1, -0.05) is 0 Å². The van der Waals surface area contributed by atoms with Crippen LogP contribution in [0.15, 0.2) is 0 Å². The van der Waals surface area contributed by atoms with Crippen molar-refractivity contribution in [3.8, 4) is 0 Å². The van der Waals surface area contributed by atoms with E-state index in [2.05, 4.69) is 10.1 Å². The number of amides is 1. The van der Waals surface area contributed by atoms with Crippen LogP contribution in [0.1, 0.15) is 13.8 Å². The van der Waals surface area contributed by atoms with Crippen LogP contribution < -0.4 is 5.32 Å². The Morgan fingerprint density at radius 2 is 2.00 bits per heavy atom. The van der Waals surface area contributed by atoms with Gasteiger partial charge in [0.05, 0.1) is 6.54 Å². The van der Waals surface area contributed by atoms with E-state index in [-0.39, 0.29) is 12.5 Å². The third-order valence-electron chi connectivity index (χ3n) is 1.12. The lowest BCUT2D eigenvalue weighted by Gasteiger charge is -2.11. The maximum atomic E-state index is 10.5. The summed E-state index contributed by atoms with van der Waals surface area (Å²) in [5.74, 6) is -3.23. The molecule has 0 bridgehead atoms. The lowest BCUT2D eigenvalue weighted by atomic mass is 10.4. The second-order valence-electron chi connectivity index (χ2n) is 2.46. The average molecular weight is 189 g/mol. The molecule has 74 valence electrons. The van der Waals surface area contributed by atoms with Crippen LogP contribution in [0.3, 0.4) is 0 Å². The number of hydrogen-bond donors (Lipinski definition) is 2. The van der Waals surface area contributed by atoms with Gasteiger partial charge in [0.1, 0.15) is 6.10 Å². The van der Waals surface area contributed by atoms with Gasteiger partial charge in [0.25, 0.3) is 0 Å². The highest BCUT2D eigenvalue weighted by Crippen LogP contribution is 1.89. The normalized spacial score (nSPS) is 11.5. The molecule has 0 rings (SSSR count). The molecule has 2 N–H and O–H groups in total. The van der Waals surface area contributed by atoms with Crippen molar-refractivity contribution in [3.63, 3.8) is 0 Å². The molecule has 0 aliphatic carbocycles. The van der Waals surface area contributed by atoms with E-state index in [4.69, 9.17) is 5.11 Å². The van der Waals surface area contributed by atoms with E-state index in [9.17, 15) is 14.4 Å². The molecule has 0 saturated carbocycles. The van der Waals surface area contributed by atoms with Gasteiger partial charge in [-0.05, 0) is 6.92 Å². The molecule has 0 heterocycles. The summed E-state index contributed by atoms with van der Waals surface area (Å²) in [5.41, 5.74) is 0. The fourth-order valence-corrected chi connectivity index (χ4v) is 0.562. The molecule has 0 saturated heterocycles. The molecule has 6 nitrogen and oxygen atoms in total. The molecule has 0 aliphatic rings. The number of nitrogens with one attached hydrogen (secondary N) is 1. The van der Waals surface area contributed by atoms with Gasteiger partial charge in [-0.3, -0.25) is 4.79 Å². The minimum absolute atomic E-state index is 0.106. The van der Waals surface area contributed by atoms with Gasteiger partial charge in [0.2, 0.25) is 5.91 Å². The van der Waals surface area contributed by atoms with E-state index in [0.29, 0.717) is 0 Å². The van der Waals surface area contributed by atoms with Crippen molar-refractivity contribution in [2.24, 2.45) is 0 Å². The van der Waals surface area contributed by atoms with E-state index in [1.165, 1.54) is 13.8 Å². The number of carboxylic acids is 1. The number of carbonyl (C=O) groups is 3. The van der Waals surface area contributed by atoms with Crippen molar-refractivity contribution in [2.45, 2.75) is 20.0 Å². The quantitative estimate of drug-likeness (QED) is 0.445. The van der Waals surface area contributed by atoms with Crippen LogP contribution in [0.2, 0.25) is 0 Å². The van der Waals surface area contributed by atoms with E-state index in [0.717, 1.165) is 0 Å². The van der Waals surface area contributed by atoms with Gasteiger partial charge in [-0.25, -0.2) is 9.59 Å². The number of aliphatic carboxylic acids is 1. The molecule has 1 unspecified atom stereocenters. The fourth-order valence-electron chi connectivity index (χ4n) is 0.562. The summed E-state index contributed by atoms with van der Waals surface area (Å²) in [4.78, 5) is 30.9. The van der Waals surface area contributed by atoms with E-state index in [1.807, 2.05) is 0 Å². The van der Waals surface area contributed by atoms with Gasteiger partial charge >= 0.3 is 11.9 Å². The molecule has 0 fully saturated rings. The predicted octanol–water partition coefficient (Wildman–Crippen LogP) is -0.861. The van der Waals surface area contributed by atoms with E-state index < -0.39 is 18.0 Å². The Kier molecular flexibility index (Phi) is 4.50. The summed E-state index contributed by atoms with van der Waals surface area (Å²) in [6, 6.07) is 0. The molecule has 0 aliphatic heterocycles. The summed E-state index contributed by atoms with van der Waals surface area (Å²) in [7, 11) is 0. The van der Waals surface area contributed by atoms with Crippen LogP contribution in [0.5, 0.6) is 0 Å². The zero-order valence-electron chi connectivity index (χ0n) is 7.36. The zero-order chi connectivity index (χ0) is 10.4. The molecule has 0 aromatic rings. The van der Waals surface area contributed by atoms with Crippen molar-refractivity contribution in [3.05, 3.63) is 0 Å². The number of esters is 1. The third-order valence-corrected chi connectivity index (χ3v) is 1.12. The van der Waals surface area contributed by atoms with Crippen LogP contribution in [-0.2, 0) is 19.1 Å². The minimum atomic E-state index is -1.64.